The zero-order valence-corrected chi connectivity index (χ0v) is 16.7. The molecule has 30 heavy (non-hydrogen) atoms. The van der Waals surface area contributed by atoms with Crippen LogP contribution in [0.4, 0.5) is 10.1 Å². The molecule has 1 saturated heterocycles. The van der Waals surface area contributed by atoms with Gasteiger partial charge in [0.2, 0.25) is 5.91 Å². The highest BCUT2D eigenvalue weighted by Crippen LogP contribution is 2.44. The Labute approximate surface area is 174 Å². The molecule has 2 fully saturated rings. The Kier molecular flexibility index (Phi) is 4.89. The monoisotopic (exact) mass is 408 g/mol. The van der Waals surface area contributed by atoms with Crippen LogP contribution in [0.5, 0.6) is 0 Å². The number of nitrogens with zero attached hydrogens (tertiary/aromatic N) is 2. The number of H-pyrrole nitrogens is 1. The van der Waals surface area contributed by atoms with Crippen LogP contribution in [0.1, 0.15) is 47.8 Å². The quantitative estimate of drug-likeness (QED) is 0.757. The summed E-state index contributed by atoms with van der Waals surface area (Å²) in [5, 5.41) is 9.63. The smallest absolute Gasteiger partial charge is 0.276 e. The van der Waals surface area contributed by atoms with Crippen LogP contribution < -0.4 is 5.32 Å². The van der Waals surface area contributed by atoms with E-state index in [1.54, 1.807) is 18.2 Å². The fourth-order valence-electron chi connectivity index (χ4n) is 5.12. The van der Waals surface area contributed by atoms with Crippen molar-refractivity contribution < 1.29 is 14.0 Å². The van der Waals surface area contributed by atoms with Crippen LogP contribution in [0.25, 0.3) is 0 Å². The molecule has 1 aromatic heterocycles. The van der Waals surface area contributed by atoms with E-state index in [-0.39, 0.29) is 23.2 Å². The topological polar surface area (TPSA) is 78.1 Å². The van der Waals surface area contributed by atoms with Crippen molar-refractivity contribution in [1.29, 1.82) is 0 Å². The van der Waals surface area contributed by atoms with Gasteiger partial charge < -0.3 is 10.2 Å². The molecule has 2 bridgehead atoms. The highest BCUT2D eigenvalue weighted by molar-refractivity contribution is 6.03. The molecule has 3 atom stereocenters. The Bertz CT molecular complexity index is 993. The zero-order chi connectivity index (χ0) is 20.7. The van der Waals surface area contributed by atoms with Crippen LogP contribution in [-0.2, 0) is 4.79 Å². The maximum Gasteiger partial charge on any atom is 0.276 e. The maximum atomic E-state index is 13.7. The summed E-state index contributed by atoms with van der Waals surface area (Å²) in [6, 6.07) is 7.78. The first-order valence-electron chi connectivity index (χ1n) is 10.7. The van der Waals surface area contributed by atoms with Gasteiger partial charge in [0.05, 0.1) is 5.69 Å². The molecule has 2 amide bonds. The van der Waals surface area contributed by atoms with Gasteiger partial charge in [-0.1, -0.05) is 24.3 Å². The molecule has 3 aliphatic rings. The number of halogens is 1. The van der Waals surface area contributed by atoms with E-state index in [1.807, 2.05) is 4.90 Å². The number of piperidine rings is 1. The van der Waals surface area contributed by atoms with Gasteiger partial charge in [-0.05, 0) is 55.7 Å². The number of rotatable bonds is 4. The number of allylic oxidation sites excluding steroid dienone is 2. The van der Waals surface area contributed by atoms with Crippen LogP contribution >= 0.6 is 0 Å². The SMILES string of the molecule is O=C(Nc1ccccc1F)c1cc(C2CCN(C(=O)C3CC4C=CC3C4)CC2)[nH]n1. The van der Waals surface area contributed by atoms with Gasteiger partial charge in [-0.3, -0.25) is 14.7 Å². The number of amides is 2. The van der Waals surface area contributed by atoms with Crippen molar-refractivity contribution in [3.63, 3.8) is 0 Å². The zero-order valence-electron chi connectivity index (χ0n) is 16.7. The fraction of sp³-hybridized carbons (Fsp3) is 0.435. The van der Waals surface area contributed by atoms with Crippen molar-refractivity contribution in [2.24, 2.45) is 17.8 Å². The second-order valence-corrected chi connectivity index (χ2v) is 8.63. The van der Waals surface area contributed by atoms with Crippen LogP contribution in [0.15, 0.2) is 42.5 Å². The van der Waals surface area contributed by atoms with Gasteiger partial charge in [-0.2, -0.15) is 5.10 Å². The van der Waals surface area contributed by atoms with Gasteiger partial charge in [-0.15, -0.1) is 0 Å². The summed E-state index contributed by atoms with van der Waals surface area (Å²) in [5.74, 6) is 0.807. The average molecular weight is 408 g/mol. The molecule has 2 N–H and O–H groups in total. The van der Waals surface area contributed by atoms with E-state index in [0.717, 1.165) is 44.5 Å². The fourth-order valence-corrected chi connectivity index (χ4v) is 5.12. The minimum Gasteiger partial charge on any atom is -0.342 e. The lowest BCUT2D eigenvalue weighted by atomic mass is 9.89. The van der Waals surface area contributed by atoms with E-state index >= 15 is 0 Å². The molecule has 0 spiro atoms. The van der Waals surface area contributed by atoms with Gasteiger partial charge in [0.1, 0.15) is 5.82 Å². The minimum atomic E-state index is -0.482. The summed E-state index contributed by atoms with van der Waals surface area (Å²) in [7, 11) is 0. The molecule has 156 valence electrons. The van der Waals surface area contributed by atoms with Crippen LogP contribution in [-0.4, -0.2) is 40.0 Å². The van der Waals surface area contributed by atoms with E-state index in [2.05, 4.69) is 27.7 Å². The number of likely N-dealkylation sites (tertiary alicyclic amines) is 1. The lowest BCUT2D eigenvalue weighted by molar-refractivity contribution is -0.137. The van der Waals surface area contributed by atoms with Crippen molar-refractivity contribution in [2.45, 2.75) is 31.6 Å². The van der Waals surface area contributed by atoms with Crippen molar-refractivity contribution >= 4 is 17.5 Å². The lowest BCUT2D eigenvalue weighted by Crippen LogP contribution is -2.42. The minimum absolute atomic E-state index is 0.134. The van der Waals surface area contributed by atoms with Crippen molar-refractivity contribution in [3.05, 3.63) is 59.7 Å². The summed E-state index contributed by atoms with van der Waals surface area (Å²) >= 11 is 0. The number of hydrogen-bond acceptors (Lipinski definition) is 3. The third-order valence-corrected chi connectivity index (χ3v) is 6.79. The number of anilines is 1. The van der Waals surface area contributed by atoms with Gasteiger partial charge in [-0.25, -0.2) is 4.39 Å². The maximum absolute atomic E-state index is 13.7. The number of nitrogens with one attached hydrogen (secondary N) is 2. The predicted octanol–water partition coefficient (Wildman–Crippen LogP) is 3.72. The molecule has 1 aliphatic heterocycles. The van der Waals surface area contributed by atoms with Gasteiger partial charge in [0.15, 0.2) is 5.69 Å². The van der Waals surface area contributed by atoms with E-state index in [1.165, 1.54) is 12.1 Å². The molecule has 1 aromatic carbocycles. The number of carbonyl (C=O) groups excluding carboxylic acids is 2. The van der Waals surface area contributed by atoms with E-state index in [9.17, 15) is 14.0 Å². The van der Waals surface area contributed by atoms with Gasteiger partial charge in [0.25, 0.3) is 5.91 Å². The molecule has 7 heteroatoms. The first-order chi connectivity index (χ1) is 14.6. The highest BCUT2D eigenvalue weighted by Gasteiger charge is 2.42. The number of aromatic amines is 1. The molecule has 2 aromatic rings. The third-order valence-electron chi connectivity index (χ3n) is 6.79. The number of aromatic nitrogens is 2. The van der Waals surface area contributed by atoms with E-state index in [4.69, 9.17) is 0 Å². The van der Waals surface area contributed by atoms with Gasteiger partial charge >= 0.3 is 0 Å². The summed E-state index contributed by atoms with van der Waals surface area (Å²) in [5.41, 5.74) is 1.26. The third kappa shape index (κ3) is 3.53. The predicted molar refractivity (Wildman–Crippen MR) is 110 cm³/mol. The number of fused-ring (bicyclic) bond motifs is 2. The first kappa shape index (κ1) is 19.0. The molecule has 1 saturated carbocycles. The number of benzene rings is 1. The Hall–Kier alpha value is -2.96. The number of para-hydroxylation sites is 1. The molecule has 2 heterocycles. The lowest BCUT2D eigenvalue weighted by Gasteiger charge is -2.34. The van der Waals surface area contributed by atoms with Crippen LogP contribution in [0.2, 0.25) is 0 Å². The Balaban J connectivity index is 1.18. The van der Waals surface area contributed by atoms with Crippen molar-refractivity contribution in [3.8, 4) is 0 Å². The van der Waals surface area contributed by atoms with Gasteiger partial charge in [0, 0.05) is 30.6 Å². The summed E-state index contributed by atoms with van der Waals surface area (Å²) in [6.45, 7) is 1.47. The summed E-state index contributed by atoms with van der Waals surface area (Å²) in [6.07, 6.45) is 8.32. The largest absolute Gasteiger partial charge is 0.342 e. The molecular weight excluding hydrogens is 383 g/mol. The summed E-state index contributed by atoms with van der Waals surface area (Å²) in [4.78, 5) is 27.3. The van der Waals surface area contributed by atoms with Crippen molar-refractivity contribution in [2.75, 3.05) is 18.4 Å². The molecule has 5 rings (SSSR count). The molecule has 3 unspecified atom stereocenters. The van der Waals surface area contributed by atoms with Crippen LogP contribution in [0.3, 0.4) is 0 Å². The Morgan fingerprint density at radius 3 is 2.63 bits per heavy atom. The van der Waals surface area contributed by atoms with E-state index < -0.39 is 11.7 Å². The summed E-state index contributed by atoms with van der Waals surface area (Å²) < 4.78 is 13.7. The second-order valence-electron chi connectivity index (χ2n) is 8.63. The van der Waals surface area contributed by atoms with Crippen LogP contribution in [0, 0.1) is 23.6 Å². The van der Waals surface area contributed by atoms with E-state index in [0.29, 0.717) is 17.7 Å². The normalized spacial score (nSPS) is 25.6. The standard InChI is InChI=1S/C23H25FN4O2/c24-18-3-1-2-4-19(18)25-22(29)21-13-20(26-27-21)15-7-9-28(10-8-15)23(30)17-12-14-5-6-16(17)11-14/h1-6,13-17H,7-12H2,(H,25,29)(H,26,27). The molecule has 2 aliphatic carbocycles. The number of carbonyl (C=O) groups is 2. The first-order valence-corrected chi connectivity index (χ1v) is 10.7. The second kappa shape index (κ2) is 7.70. The highest BCUT2D eigenvalue weighted by atomic mass is 19.1. The Morgan fingerprint density at radius 1 is 1.13 bits per heavy atom. The molecular formula is C23H25FN4O2. The van der Waals surface area contributed by atoms with Crippen molar-refractivity contribution in [1.82, 2.24) is 15.1 Å². The average Bonchev–Trinajstić information content (AvgIpc) is 3.52. The Morgan fingerprint density at radius 2 is 1.93 bits per heavy atom. The number of hydrogen-bond donors (Lipinski definition) is 2. The molecule has 0 radical (unpaired) electrons. The molecule has 6 nitrogen and oxygen atoms in total.